The van der Waals surface area contributed by atoms with Gasteiger partial charge < -0.3 is 9.84 Å². The van der Waals surface area contributed by atoms with Crippen LogP contribution in [0.2, 0.25) is 0 Å². The van der Waals surface area contributed by atoms with E-state index in [2.05, 4.69) is 4.98 Å². The molecule has 1 unspecified atom stereocenters. The molecule has 1 aromatic carbocycles. The Morgan fingerprint density at radius 3 is 2.85 bits per heavy atom. The van der Waals surface area contributed by atoms with Gasteiger partial charge >= 0.3 is 5.97 Å². The highest BCUT2D eigenvalue weighted by Crippen LogP contribution is 2.33. The standard InChI is InChI=1S/C15H17NO3S/c1-3-6-10(15(18)19-2)12-9-20-14(16-12)11-7-4-5-8-13(11)17/h4-5,7-10,17H,3,6H2,1-2H3. The quantitative estimate of drug-likeness (QED) is 0.855. The summed E-state index contributed by atoms with van der Waals surface area (Å²) in [6, 6.07) is 7.05. The minimum absolute atomic E-state index is 0.193. The molecule has 0 aliphatic carbocycles. The molecule has 0 fully saturated rings. The second-order valence-electron chi connectivity index (χ2n) is 4.46. The van der Waals surface area contributed by atoms with Crippen molar-refractivity contribution in [3.8, 4) is 16.3 Å². The number of esters is 1. The van der Waals surface area contributed by atoms with E-state index < -0.39 is 0 Å². The van der Waals surface area contributed by atoms with Gasteiger partial charge in [-0.15, -0.1) is 11.3 Å². The fraction of sp³-hybridized carbons (Fsp3) is 0.333. The number of methoxy groups -OCH3 is 1. The van der Waals surface area contributed by atoms with Crippen molar-refractivity contribution in [1.29, 1.82) is 0 Å². The number of hydrogen-bond acceptors (Lipinski definition) is 5. The zero-order chi connectivity index (χ0) is 14.5. The van der Waals surface area contributed by atoms with Crippen LogP contribution in [0.15, 0.2) is 29.6 Å². The summed E-state index contributed by atoms with van der Waals surface area (Å²) in [5, 5.41) is 12.4. The van der Waals surface area contributed by atoms with Crippen molar-refractivity contribution >= 4 is 17.3 Å². The van der Waals surface area contributed by atoms with Crippen LogP contribution in [0, 0.1) is 0 Å². The van der Waals surface area contributed by atoms with E-state index >= 15 is 0 Å². The molecule has 0 saturated carbocycles. The van der Waals surface area contributed by atoms with Crippen LogP contribution in [0.5, 0.6) is 5.75 Å². The maximum atomic E-state index is 11.8. The van der Waals surface area contributed by atoms with Crippen LogP contribution in [0.1, 0.15) is 31.4 Å². The molecule has 0 aliphatic rings. The summed E-state index contributed by atoms with van der Waals surface area (Å²) in [6.07, 6.45) is 1.58. The van der Waals surface area contributed by atoms with Crippen molar-refractivity contribution < 1.29 is 14.6 Å². The van der Waals surface area contributed by atoms with E-state index in [4.69, 9.17) is 4.74 Å². The maximum absolute atomic E-state index is 11.8. The molecule has 5 heteroatoms. The Bertz CT molecular complexity index is 594. The van der Waals surface area contributed by atoms with Crippen molar-refractivity contribution in [3.63, 3.8) is 0 Å². The van der Waals surface area contributed by atoms with E-state index in [1.54, 1.807) is 12.1 Å². The molecule has 0 saturated heterocycles. The van der Waals surface area contributed by atoms with Gasteiger partial charge in [-0.3, -0.25) is 4.79 Å². The summed E-state index contributed by atoms with van der Waals surface area (Å²) in [4.78, 5) is 16.3. The van der Waals surface area contributed by atoms with Gasteiger partial charge in [-0.25, -0.2) is 4.98 Å². The fourth-order valence-corrected chi connectivity index (χ4v) is 2.95. The molecular weight excluding hydrogens is 274 g/mol. The number of nitrogens with zero attached hydrogens (tertiary/aromatic N) is 1. The SMILES string of the molecule is CCCC(C(=O)OC)c1csc(-c2ccccc2O)n1. The number of aromatic hydroxyl groups is 1. The number of hydrogen-bond donors (Lipinski definition) is 1. The van der Waals surface area contributed by atoms with Crippen molar-refractivity contribution in [2.24, 2.45) is 0 Å². The Morgan fingerprint density at radius 1 is 1.45 bits per heavy atom. The third-order valence-electron chi connectivity index (χ3n) is 3.08. The molecule has 0 radical (unpaired) electrons. The molecule has 0 aliphatic heterocycles. The average Bonchev–Trinajstić information content (AvgIpc) is 2.93. The second kappa shape index (κ2) is 6.52. The fourth-order valence-electron chi connectivity index (χ4n) is 2.04. The number of carbonyl (C=O) groups is 1. The summed E-state index contributed by atoms with van der Waals surface area (Å²) in [7, 11) is 1.39. The summed E-state index contributed by atoms with van der Waals surface area (Å²) in [5.41, 5.74) is 1.39. The minimum Gasteiger partial charge on any atom is -0.507 e. The van der Waals surface area contributed by atoms with Crippen LogP contribution >= 0.6 is 11.3 Å². The van der Waals surface area contributed by atoms with Gasteiger partial charge in [0, 0.05) is 5.38 Å². The Kier molecular flexibility index (Phi) is 4.74. The number of carbonyl (C=O) groups excluding carboxylic acids is 1. The van der Waals surface area contributed by atoms with E-state index in [0.29, 0.717) is 22.7 Å². The highest BCUT2D eigenvalue weighted by molar-refractivity contribution is 7.13. The first-order chi connectivity index (χ1) is 9.67. The third-order valence-corrected chi connectivity index (χ3v) is 3.97. The minimum atomic E-state index is -0.333. The van der Waals surface area contributed by atoms with Crippen LogP contribution in [-0.4, -0.2) is 23.2 Å². The van der Waals surface area contributed by atoms with Gasteiger partial charge in [0.15, 0.2) is 0 Å². The Labute approximate surface area is 122 Å². The van der Waals surface area contributed by atoms with E-state index in [1.807, 2.05) is 24.4 Å². The Balaban J connectivity index is 2.32. The molecule has 20 heavy (non-hydrogen) atoms. The largest absolute Gasteiger partial charge is 0.507 e. The molecule has 1 N–H and O–H groups in total. The molecule has 2 aromatic rings. The first-order valence-electron chi connectivity index (χ1n) is 6.49. The number of aromatic nitrogens is 1. The predicted octanol–water partition coefficient (Wildman–Crippen LogP) is 3.57. The molecule has 4 nitrogen and oxygen atoms in total. The van der Waals surface area contributed by atoms with Gasteiger partial charge in [-0.1, -0.05) is 25.5 Å². The molecule has 106 valence electrons. The lowest BCUT2D eigenvalue weighted by atomic mass is 10.0. The molecule has 0 spiro atoms. The van der Waals surface area contributed by atoms with Crippen LogP contribution in [0.25, 0.3) is 10.6 Å². The van der Waals surface area contributed by atoms with Gasteiger partial charge in [-0.2, -0.15) is 0 Å². The smallest absolute Gasteiger partial charge is 0.314 e. The maximum Gasteiger partial charge on any atom is 0.314 e. The topological polar surface area (TPSA) is 59.4 Å². The van der Waals surface area contributed by atoms with E-state index in [0.717, 1.165) is 6.42 Å². The van der Waals surface area contributed by atoms with Crippen molar-refractivity contribution in [3.05, 3.63) is 35.3 Å². The lowest BCUT2D eigenvalue weighted by molar-refractivity contribution is -0.142. The molecule has 1 aromatic heterocycles. The van der Waals surface area contributed by atoms with E-state index in [9.17, 15) is 9.90 Å². The number of phenolic OH excluding ortho intramolecular Hbond substituents is 1. The lowest BCUT2D eigenvalue weighted by Crippen LogP contribution is -2.14. The summed E-state index contributed by atoms with van der Waals surface area (Å²) < 4.78 is 4.83. The lowest BCUT2D eigenvalue weighted by Gasteiger charge is -2.10. The summed E-state index contributed by atoms with van der Waals surface area (Å²) >= 11 is 1.42. The van der Waals surface area contributed by atoms with Crippen molar-refractivity contribution in [2.45, 2.75) is 25.7 Å². The summed E-state index contributed by atoms with van der Waals surface area (Å²) in [6.45, 7) is 2.02. The van der Waals surface area contributed by atoms with Gasteiger partial charge in [0.05, 0.1) is 24.3 Å². The van der Waals surface area contributed by atoms with Crippen LogP contribution in [-0.2, 0) is 9.53 Å². The number of thiazole rings is 1. The van der Waals surface area contributed by atoms with Crippen LogP contribution in [0.4, 0.5) is 0 Å². The Hall–Kier alpha value is -1.88. The predicted molar refractivity (Wildman–Crippen MR) is 78.9 cm³/mol. The molecule has 1 heterocycles. The Morgan fingerprint density at radius 2 is 2.20 bits per heavy atom. The van der Waals surface area contributed by atoms with E-state index in [1.165, 1.54) is 18.4 Å². The number of ether oxygens (including phenoxy) is 1. The van der Waals surface area contributed by atoms with Crippen molar-refractivity contribution in [1.82, 2.24) is 4.98 Å². The monoisotopic (exact) mass is 291 g/mol. The summed E-state index contributed by atoms with van der Waals surface area (Å²) in [5.74, 6) is -0.402. The second-order valence-corrected chi connectivity index (χ2v) is 5.32. The first-order valence-corrected chi connectivity index (χ1v) is 7.37. The molecule has 2 rings (SSSR count). The molecule has 0 amide bonds. The number of rotatable bonds is 5. The normalized spacial score (nSPS) is 12.1. The van der Waals surface area contributed by atoms with E-state index in [-0.39, 0.29) is 17.6 Å². The molecular formula is C15H17NO3S. The average molecular weight is 291 g/mol. The number of phenols is 1. The molecule has 1 atom stereocenters. The van der Waals surface area contributed by atoms with Crippen LogP contribution in [0.3, 0.4) is 0 Å². The van der Waals surface area contributed by atoms with Gasteiger partial charge in [-0.05, 0) is 18.6 Å². The van der Waals surface area contributed by atoms with Gasteiger partial charge in [0.25, 0.3) is 0 Å². The molecule has 0 bridgehead atoms. The first kappa shape index (κ1) is 14.5. The van der Waals surface area contributed by atoms with Crippen LogP contribution < -0.4 is 0 Å². The third kappa shape index (κ3) is 2.99. The zero-order valence-corrected chi connectivity index (χ0v) is 12.3. The van der Waals surface area contributed by atoms with Gasteiger partial charge in [0.2, 0.25) is 0 Å². The highest BCUT2D eigenvalue weighted by atomic mass is 32.1. The zero-order valence-electron chi connectivity index (χ0n) is 11.5. The number of para-hydroxylation sites is 1. The highest BCUT2D eigenvalue weighted by Gasteiger charge is 2.23. The van der Waals surface area contributed by atoms with Gasteiger partial charge in [0.1, 0.15) is 10.8 Å². The van der Waals surface area contributed by atoms with Crippen molar-refractivity contribution in [2.75, 3.05) is 7.11 Å². The number of benzene rings is 1.